The molecule has 0 spiro atoms. The highest BCUT2D eigenvalue weighted by Gasteiger charge is 2.21. The van der Waals surface area contributed by atoms with Gasteiger partial charge in [0.1, 0.15) is 23.3 Å². The topological polar surface area (TPSA) is 78.2 Å². The molecule has 0 radical (unpaired) electrons. The van der Waals surface area contributed by atoms with Crippen molar-refractivity contribution in [3.8, 4) is 5.75 Å². The van der Waals surface area contributed by atoms with E-state index in [0.717, 1.165) is 47.9 Å². The molecule has 2 aromatic heterocycles. The Morgan fingerprint density at radius 2 is 1.85 bits per heavy atom. The Bertz CT molecular complexity index is 1370. The van der Waals surface area contributed by atoms with Crippen molar-refractivity contribution in [2.24, 2.45) is 0 Å². The normalized spacial score (nSPS) is 14.6. The molecule has 5 rings (SSSR count). The van der Waals surface area contributed by atoms with Crippen molar-refractivity contribution in [2.75, 3.05) is 7.11 Å². The molecule has 2 heterocycles. The van der Waals surface area contributed by atoms with Gasteiger partial charge in [-0.1, -0.05) is 55.7 Å². The molecular formula is C26H28N4O3. The summed E-state index contributed by atoms with van der Waals surface area (Å²) in [6, 6.07) is 15.6. The molecule has 0 bridgehead atoms. The number of carbonyl (C=O) groups excluding carboxylic acids is 1. The maximum absolute atomic E-state index is 13.6. The number of benzene rings is 2. The Labute approximate surface area is 192 Å². The lowest BCUT2D eigenvalue weighted by Crippen LogP contribution is -2.38. The average molecular weight is 445 g/mol. The molecule has 0 saturated heterocycles. The first kappa shape index (κ1) is 21.2. The van der Waals surface area contributed by atoms with Crippen LogP contribution in [0, 0.1) is 0 Å². The highest BCUT2D eigenvalue weighted by atomic mass is 16.5. The largest absolute Gasteiger partial charge is 0.496 e. The second-order valence-corrected chi connectivity index (χ2v) is 8.69. The summed E-state index contributed by atoms with van der Waals surface area (Å²) in [7, 11) is 1.62. The number of aromatic nitrogens is 3. The van der Waals surface area contributed by atoms with Crippen molar-refractivity contribution >= 4 is 27.8 Å². The minimum absolute atomic E-state index is 0.0657. The molecule has 1 aliphatic rings. The van der Waals surface area contributed by atoms with Crippen LogP contribution < -0.4 is 15.6 Å². The highest BCUT2D eigenvalue weighted by molar-refractivity contribution is 6.06. The van der Waals surface area contributed by atoms with Crippen LogP contribution in [-0.4, -0.2) is 33.2 Å². The number of nitrogens with zero attached hydrogens (tertiary/aromatic N) is 3. The number of amides is 1. The van der Waals surface area contributed by atoms with Crippen molar-refractivity contribution < 1.29 is 9.53 Å². The quantitative estimate of drug-likeness (QED) is 0.490. The van der Waals surface area contributed by atoms with Crippen molar-refractivity contribution in [1.29, 1.82) is 0 Å². The molecule has 1 amide bonds. The van der Waals surface area contributed by atoms with Gasteiger partial charge in [-0.3, -0.25) is 14.2 Å². The van der Waals surface area contributed by atoms with E-state index in [4.69, 9.17) is 4.74 Å². The first-order chi connectivity index (χ1) is 16.2. The predicted octanol–water partition coefficient (Wildman–Crippen LogP) is 3.86. The molecule has 1 N–H and O–H groups in total. The van der Waals surface area contributed by atoms with Gasteiger partial charge in [-0.15, -0.1) is 0 Å². The number of carbonyl (C=O) groups is 1. The highest BCUT2D eigenvalue weighted by Crippen LogP contribution is 2.26. The summed E-state index contributed by atoms with van der Waals surface area (Å²) in [6.45, 7) is 0.428. The molecule has 0 unspecified atom stereocenters. The lowest BCUT2D eigenvalue weighted by molar-refractivity contribution is -0.122. The van der Waals surface area contributed by atoms with Gasteiger partial charge in [0, 0.05) is 17.0 Å². The number of ether oxygens (including phenoxy) is 1. The van der Waals surface area contributed by atoms with E-state index in [0.29, 0.717) is 17.6 Å². The van der Waals surface area contributed by atoms with E-state index in [1.54, 1.807) is 18.0 Å². The van der Waals surface area contributed by atoms with Crippen molar-refractivity contribution in [3.05, 3.63) is 70.8 Å². The lowest BCUT2D eigenvalue weighted by atomic mass is 9.95. The third-order valence-corrected chi connectivity index (χ3v) is 6.54. The lowest BCUT2D eigenvalue weighted by Gasteiger charge is -2.23. The Morgan fingerprint density at radius 3 is 2.67 bits per heavy atom. The van der Waals surface area contributed by atoms with Crippen LogP contribution in [-0.2, 0) is 17.9 Å². The molecule has 170 valence electrons. The maximum atomic E-state index is 13.6. The third-order valence-electron chi connectivity index (χ3n) is 6.54. The van der Waals surface area contributed by atoms with Crippen LogP contribution >= 0.6 is 0 Å². The Kier molecular flexibility index (Phi) is 5.86. The van der Waals surface area contributed by atoms with E-state index in [2.05, 4.69) is 10.3 Å². The van der Waals surface area contributed by atoms with Crippen LogP contribution in [0.25, 0.3) is 21.9 Å². The standard InChI is InChI=1S/C26H28N4O3/c1-33-22-14-8-5-9-18(22)15-29-17-27-24-20-12-6-7-13-21(20)30(25(24)26(29)32)16-23(31)28-19-10-3-2-4-11-19/h5-9,12-14,17,19H,2-4,10-11,15-16H2,1H3,(H,28,31). The van der Waals surface area contributed by atoms with Crippen LogP contribution in [0.15, 0.2) is 59.7 Å². The maximum Gasteiger partial charge on any atom is 0.278 e. The van der Waals surface area contributed by atoms with Crippen LogP contribution in [0.3, 0.4) is 0 Å². The van der Waals surface area contributed by atoms with Crippen molar-refractivity contribution in [2.45, 2.75) is 51.2 Å². The van der Waals surface area contributed by atoms with E-state index < -0.39 is 0 Å². The van der Waals surface area contributed by atoms with Gasteiger partial charge < -0.3 is 14.6 Å². The molecule has 1 aliphatic carbocycles. The number of hydrogen-bond donors (Lipinski definition) is 1. The fraction of sp³-hybridized carbons (Fsp3) is 0.346. The average Bonchev–Trinajstić information content (AvgIpc) is 3.16. The number of methoxy groups -OCH3 is 1. The number of hydrogen-bond acceptors (Lipinski definition) is 4. The molecule has 1 saturated carbocycles. The zero-order valence-electron chi connectivity index (χ0n) is 18.8. The van der Waals surface area contributed by atoms with Gasteiger partial charge in [0.25, 0.3) is 5.56 Å². The van der Waals surface area contributed by atoms with Gasteiger partial charge in [0.05, 0.1) is 25.5 Å². The van der Waals surface area contributed by atoms with Gasteiger partial charge in [-0.05, 0) is 25.0 Å². The minimum Gasteiger partial charge on any atom is -0.496 e. The summed E-state index contributed by atoms with van der Waals surface area (Å²) in [4.78, 5) is 31.2. The smallest absolute Gasteiger partial charge is 0.278 e. The zero-order chi connectivity index (χ0) is 22.8. The van der Waals surface area contributed by atoms with Crippen molar-refractivity contribution in [3.63, 3.8) is 0 Å². The number of para-hydroxylation sites is 2. The molecule has 1 fully saturated rings. The molecular weight excluding hydrogens is 416 g/mol. The summed E-state index contributed by atoms with van der Waals surface area (Å²) in [6.07, 6.45) is 7.15. The van der Waals surface area contributed by atoms with E-state index in [9.17, 15) is 9.59 Å². The van der Waals surface area contributed by atoms with Crippen LogP contribution in [0.2, 0.25) is 0 Å². The van der Waals surface area contributed by atoms with Gasteiger partial charge >= 0.3 is 0 Å². The number of fused-ring (bicyclic) bond motifs is 3. The molecule has 7 heteroatoms. The summed E-state index contributed by atoms with van der Waals surface area (Å²) in [5.41, 5.74) is 2.63. The predicted molar refractivity (Wildman–Crippen MR) is 129 cm³/mol. The van der Waals surface area contributed by atoms with Gasteiger partial charge in [-0.2, -0.15) is 0 Å². The molecule has 7 nitrogen and oxygen atoms in total. The summed E-state index contributed by atoms with van der Waals surface area (Å²) in [5, 5.41) is 4.04. The molecule has 2 aromatic carbocycles. The number of rotatable bonds is 6. The van der Waals surface area contributed by atoms with E-state index in [1.807, 2.05) is 53.1 Å². The fourth-order valence-electron chi connectivity index (χ4n) is 4.91. The van der Waals surface area contributed by atoms with Gasteiger partial charge in [-0.25, -0.2) is 4.98 Å². The van der Waals surface area contributed by atoms with Gasteiger partial charge in [0.15, 0.2) is 0 Å². The first-order valence-corrected chi connectivity index (χ1v) is 11.5. The molecule has 0 atom stereocenters. The number of nitrogens with one attached hydrogen (secondary N) is 1. The summed E-state index contributed by atoms with van der Waals surface area (Å²) < 4.78 is 8.84. The molecule has 0 aliphatic heterocycles. The van der Waals surface area contributed by atoms with Gasteiger partial charge in [0.2, 0.25) is 5.91 Å². The van der Waals surface area contributed by atoms with Crippen molar-refractivity contribution in [1.82, 2.24) is 19.4 Å². The van der Waals surface area contributed by atoms with Crippen LogP contribution in [0.4, 0.5) is 0 Å². The van der Waals surface area contributed by atoms with E-state index in [1.165, 1.54) is 6.42 Å². The SMILES string of the molecule is COc1ccccc1Cn1cnc2c3ccccc3n(CC(=O)NC3CCCCC3)c2c1=O. The monoisotopic (exact) mass is 444 g/mol. The minimum atomic E-state index is -0.174. The Hall–Kier alpha value is -3.61. The zero-order valence-corrected chi connectivity index (χ0v) is 18.8. The second-order valence-electron chi connectivity index (χ2n) is 8.69. The third kappa shape index (κ3) is 4.11. The summed E-state index contributed by atoms with van der Waals surface area (Å²) in [5.74, 6) is 0.654. The van der Waals surface area contributed by atoms with E-state index in [-0.39, 0.29) is 24.1 Å². The molecule has 4 aromatic rings. The second kappa shape index (κ2) is 9.10. The Morgan fingerprint density at radius 1 is 1.09 bits per heavy atom. The summed E-state index contributed by atoms with van der Waals surface area (Å²) >= 11 is 0. The molecule has 33 heavy (non-hydrogen) atoms. The van der Waals surface area contributed by atoms with Crippen LogP contribution in [0.5, 0.6) is 5.75 Å². The van der Waals surface area contributed by atoms with Crippen LogP contribution in [0.1, 0.15) is 37.7 Å². The fourth-order valence-corrected chi connectivity index (χ4v) is 4.91. The van der Waals surface area contributed by atoms with E-state index >= 15 is 0 Å². The first-order valence-electron chi connectivity index (χ1n) is 11.5. The Balaban J connectivity index is 1.56.